The van der Waals surface area contributed by atoms with Crippen LogP contribution in [0.3, 0.4) is 0 Å². The molecule has 0 spiro atoms. The van der Waals surface area contributed by atoms with Crippen molar-refractivity contribution < 1.29 is 4.79 Å². The molecule has 0 aliphatic carbocycles. The van der Waals surface area contributed by atoms with Crippen LogP contribution in [0.15, 0.2) is 41.1 Å². The van der Waals surface area contributed by atoms with Crippen molar-refractivity contribution in [1.82, 2.24) is 20.2 Å². The molecule has 2 amide bonds. The Balaban J connectivity index is 1.41. The number of aryl methyl sites for hydroxylation is 1. The van der Waals surface area contributed by atoms with Crippen LogP contribution in [-0.4, -0.2) is 34.5 Å². The Morgan fingerprint density at radius 1 is 1.35 bits per heavy atom. The molecule has 2 N–H and O–H groups in total. The van der Waals surface area contributed by atoms with Gasteiger partial charge in [-0.25, -0.2) is 9.78 Å². The van der Waals surface area contributed by atoms with Crippen LogP contribution in [0, 0.1) is 0 Å². The first-order valence-corrected chi connectivity index (χ1v) is 8.60. The quantitative estimate of drug-likeness (QED) is 0.681. The summed E-state index contributed by atoms with van der Waals surface area (Å²) in [5.41, 5.74) is 3.21. The maximum Gasteiger partial charge on any atom is 0.317 e. The van der Waals surface area contributed by atoms with Gasteiger partial charge < -0.3 is 15.2 Å². The summed E-state index contributed by atoms with van der Waals surface area (Å²) in [5.74, 6) is 0.965. The lowest BCUT2D eigenvalue weighted by Gasteiger charge is -2.17. The van der Waals surface area contributed by atoms with Gasteiger partial charge in [0.15, 0.2) is 0 Å². The van der Waals surface area contributed by atoms with Crippen LogP contribution in [0.4, 0.5) is 4.79 Å². The van der Waals surface area contributed by atoms with Crippen LogP contribution in [0.2, 0.25) is 0 Å². The summed E-state index contributed by atoms with van der Waals surface area (Å²) >= 11 is 1.65. The van der Waals surface area contributed by atoms with Crippen LogP contribution >= 0.6 is 11.3 Å². The molecule has 6 heteroatoms. The van der Waals surface area contributed by atoms with Crippen molar-refractivity contribution in [1.29, 1.82) is 0 Å². The van der Waals surface area contributed by atoms with Gasteiger partial charge >= 0.3 is 6.03 Å². The number of imidazole rings is 1. The summed E-state index contributed by atoms with van der Waals surface area (Å²) in [6, 6.07) is 9.99. The SMILES string of the molecule is CN(Cc1ccsc1)C(=O)NCCCc1nc2ccccc2[nH]1. The zero-order valence-corrected chi connectivity index (χ0v) is 13.9. The molecule has 1 aromatic carbocycles. The minimum absolute atomic E-state index is 0.0409. The molecule has 0 aliphatic rings. The van der Waals surface area contributed by atoms with E-state index >= 15 is 0 Å². The van der Waals surface area contributed by atoms with Crippen molar-refractivity contribution >= 4 is 28.4 Å². The summed E-state index contributed by atoms with van der Waals surface area (Å²) in [4.78, 5) is 21.6. The van der Waals surface area contributed by atoms with Gasteiger partial charge in [0.05, 0.1) is 11.0 Å². The van der Waals surface area contributed by atoms with E-state index in [0.29, 0.717) is 13.1 Å². The Kier molecular flexibility index (Phi) is 4.92. The fourth-order valence-electron chi connectivity index (χ4n) is 2.44. The van der Waals surface area contributed by atoms with Crippen LogP contribution in [0.1, 0.15) is 17.8 Å². The highest BCUT2D eigenvalue weighted by Crippen LogP contribution is 2.11. The van der Waals surface area contributed by atoms with Gasteiger partial charge in [0, 0.05) is 26.6 Å². The molecule has 3 rings (SSSR count). The van der Waals surface area contributed by atoms with Crippen LogP contribution in [0.5, 0.6) is 0 Å². The van der Waals surface area contributed by atoms with Crippen LogP contribution < -0.4 is 5.32 Å². The molecule has 2 aromatic heterocycles. The molecule has 2 heterocycles. The normalized spacial score (nSPS) is 10.8. The minimum atomic E-state index is -0.0409. The lowest BCUT2D eigenvalue weighted by Crippen LogP contribution is -2.37. The van der Waals surface area contributed by atoms with E-state index in [9.17, 15) is 4.79 Å². The lowest BCUT2D eigenvalue weighted by molar-refractivity contribution is 0.207. The average molecular weight is 328 g/mol. The summed E-state index contributed by atoms with van der Waals surface area (Å²) in [7, 11) is 1.81. The van der Waals surface area contributed by atoms with Gasteiger partial charge in [-0.1, -0.05) is 12.1 Å². The molecule has 0 saturated carbocycles. The number of aromatic amines is 1. The Morgan fingerprint density at radius 3 is 3.00 bits per heavy atom. The number of hydrogen-bond acceptors (Lipinski definition) is 3. The van der Waals surface area contributed by atoms with Gasteiger partial charge in [-0.2, -0.15) is 11.3 Å². The van der Waals surface area contributed by atoms with E-state index in [4.69, 9.17) is 0 Å². The fraction of sp³-hybridized carbons (Fsp3) is 0.294. The number of H-pyrrole nitrogens is 1. The number of rotatable bonds is 6. The number of nitrogens with one attached hydrogen (secondary N) is 2. The molecular weight excluding hydrogens is 308 g/mol. The van der Waals surface area contributed by atoms with Gasteiger partial charge in [0.25, 0.3) is 0 Å². The van der Waals surface area contributed by atoms with E-state index in [0.717, 1.165) is 35.3 Å². The predicted octanol–water partition coefficient (Wildman–Crippen LogP) is 3.40. The molecule has 5 nitrogen and oxygen atoms in total. The highest BCUT2D eigenvalue weighted by Gasteiger charge is 2.08. The number of amides is 2. The summed E-state index contributed by atoms with van der Waals surface area (Å²) in [6.07, 6.45) is 1.68. The predicted molar refractivity (Wildman–Crippen MR) is 93.6 cm³/mol. The first-order valence-electron chi connectivity index (χ1n) is 7.66. The van der Waals surface area contributed by atoms with Crippen LogP contribution in [-0.2, 0) is 13.0 Å². The smallest absolute Gasteiger partial charge is 0.317 e. The number of urea groups is 1. The standard InChI is InChI=1S/C17H20N4OS/c1-21(11-13-8-10-23-12-13)17(22)18-9-4-7-16-19-14-5-2-3-6-15(14)20-16/h2-3,5-6,8,10,12H,4,7,9,11H2,1H3,(H,18,22)(H,19,20). The number of thiophene rings is 1. The monoisotopic (exact) mass is 328 g/mol. The number of carbonyl (C=O) groups is 1. The van der Waals surface area contributed by atoms with Gasteiger partial charge in [-0.05, 0) is 40.9 Å². The van der Waals surface area contributed by atoms with Gasteiger partial charge in [-0.15, -0.1) is 0 Å². The minimum Gasteiger partial charge on any atom is -0.342 e. The fourth-order valence-corrected chi connectivity index (χ4v) is 3.10. The summed E-state index contributed by atoms with van der Waals surface area (Å²) in [5, 5.41) is 7.03. The van der Waals surface area contributed by atoms with Crippen LogP contribution in [0.25, 0.3) is 11.0 Å². The molecular formula is C17H20N4OS. The van der Waals surface area contributed by atoms with Crippen molar-refractivity contribution in [2.45, 2.75) is 19.4 Å². The average Bonchev–Trinajstić information content (AvgIpc) is 3.19. The van der Waals surface area contributed by atoms with Gasteiger partial charge in [0.1, 0.15) is 5.82 Å². The molecule has 120 valence electrons. The molecule has 3 aromatic rings. The number of benzene rings is 1. The molecule has 0 bridgehead atoms. The second-order valence-corrected chi connectivity index (χ2v) is 6.30. The number of para-hydroxylation sites is 2. The Labute approximate surface area is 139 Å². The highest BCUT2D eigenvalue weighted by atomic mass is 32.1. The molecule has 0 unspecified atom stereocenters. The van der Waals surface area contributed by atoms with E-state index < -0.39 is 0 Å². The molecule has 0 fully saturated rings. The van der Waals surface area contributed by atoms with E-state index in [1.165, 1.54) is 0 Å². The second kappa shape index (κ2) is 7.28. The third-order valence-electron chi connectivity index (χ3n) is 3.65. The zero-order chi connectivity index (χ0) is 16.1. The summed E-state index contributed by atoms with van der Waals surface area (Å²) in [6.45, 7) is 1.28. The molecule has 23 heavy (non-hydrogen) atoms. The molecule has 0 saturated heterocycles. The third kappa shape index (κ3) is 4.10. The molecule has 0 atom stereocenters. The number of nitrogens with zero attached hydrogens (tertiary/aromatic N) is 2. The topological polar surface area (TPSA) is 61.0 Å². The van der Waals surface area contributed by atoms with Gasteiger partial charge in [-0.3, -0.25) is 0 Å². The number of aromatic nitrogens is 2. The van der Waals surface area contributed by atoms with Crippen molar-refractivity contribution in [3.63, 3.8) is 0 Å². The Bertz CT molecular complexity index is 733. The van der Waals surface area contributed by atoms with E-state index in [-0.39, 0.29) is 6.03 Å². The number of hydrogen-bond donors (Lipinski definition) is 2. The highest BCUT2D eigenvalue weighted by molar-refractivity contribution is 7.07. The van der Waals surface area contributed by atoms with Crippen molar-refractivity contribution in [2.75, 3.05) is 13.6 Å². The Morgan fingerprint density at radius 2 is 2.22 bits per heavy atom. The number of carbonyl (C=O) groups excluding carboxylic acids is 1. The first-order chi connectivity index (χ1) is 11.2. The second-order valence-electron chi connectivity index (χ2n) is 5.52. The van der Waals surface area contributed by atoms with E-state index in [1.54, 1.807) is 16.2 Å². The van der Waals surface area contributed by atoms with Crippen molar-refractivity contribution in [2.24, 2.45) is 0 Å². The first kappa shape index (κ1) is 15.6. The lowest BCUT2D eigenvalue weighted by atomic mass is 10.3. The largest absolute Gasteiger partial charge is 0.342 e. The zero-order valence-electron chi connectivity index (χ0n) is 13.1. The van der Waals surface area contributed by atoms with Crippen molar-refractivity contribution in [3.05, 3.63) is 52.5 Å². The molecule has 0 aliphatic heterocycles. The van der Waals surface area contributed by atoms with E-state index in [2.05, 4.69) is 20.7 Å². The molecule has 0 radical (unpaired) electrons. The summed E-state index contributed by atoms with van der Waals surface area (Å²) < 4.78 is 0. The maximum absolute atomic E-state index is 12.0. The van der Waals surface area contributed by atoms with E-state index in [1.807, 2.05) is 42.8 Å². The van der Waals surface area contributed by atoms with Crippen molar-refractivity contribution in [3.8, 4) is 0 Å². The third-order valence-corrected chi connectivity index (χ3v) is 4.38. The maximum atomic E-state index is 12.0. The van der Waals surface area contributed by atoms with Gasteiger partial charge in [0.2, 0.25) is 0 Å². The number of fused-ring (bicyclic) bond motifs is 1. The Hall–Kier alpha value is -2.34.